The van der Waals surface area contributed by atoms with E-state index in [-0.39, 0.29) is 11.7 Å². The molecule has 1 heterocycles. The quantitative estimate of drug-likeness (QED) is 0.660. The van der Waals surface area contributed by atoms with Crippen LogP contribution in [0.2, 0.25) is 5.02 Å². The van der Waals surface area contributed by atoms with E-state index in [1.165, 1.54) is 0 Å². The zero-order chi connectivity index (χ0) is 11.2. The Labute approximate surface area is 94.0 Å². The molecule has 0 aliphatic carbocycles. The van der Waals surface area contributed by atoms with Gasteiger partial charge in [-0.15, -0.1) is 0 Å². The molecule has 0 bridgehead atoms. The van der Waals surface area contributed by atoms with Gasteiger partial charge in [0.15, 0.2) is 5.78 Å². The second-order valence-electron chi connectivity index (χ2n) is 3.95. The van der Waals surface area contributed by atoms with Crippen molar-refractivity contribution in [3.8, 4) is 0 Å². The highest BCUT2D eigenvalue weighted by molar-refractivity contribution is 6.32. The monoisotopic (exact) mass is 221 g/mol. The topological polar surface area (TPSA) is 29.4 Å². The number of aliphatic imine (C=N–C) groups is 1. The van der Waals surface area contributed by atoms with Gasteiger partial charge < -0.3 is 0 Å². The van der Waals surface area contributed by atoms with Crippen molar-refractivity contribution in [1.82, 2.24) is 0 Å². The van der Waals surface area contributed by atoms with Crippen LogP contribution < -0.4 is 0 Å². The van der Waals surface area contributed by atoms with Crippen LogP contribution in [0.15, 0.2) is 11.1 Å². The molecule has 1 aromatic carbocycles. The van der Waals surface area contributed by atoms with Gasteiger partial charge in [-0.05, 0) is 31.0 Å². The lowest BCUT2D eigenvalue weighted by Crippen LogP contribution is -2.18. The fourth-order valence-corrected chi connectivity index (χ4v) is 2.07. The van der Waals surface area contributed by atoms with Crippen LogP contribution in [0.4, 0.5) is 5.69 Å². The minimum atomic E-state index is -0.144. The SMILES string of the molecule is Cc1cc(Cl)c(C)c2c1N=CC(C)C2=O. The third-order valence-electron chi connectivity index (χ3n) is 2.77. The second kappa shape index (κ2) is 3.46. The standard InChI is InChI=1S/C12H12ClNO/c1-6-4-9(13)8(3)10-11(6)14-5-7(2)12(10)15/h4-5,7H,1-3H3. The van der Waals surface area contributed by atoms with Gasteiger partial charge in [-0.2, -0.15) is 0 Å². The van der Waals surface area contributed by atoms with Crippen LogP contribution in [0.5, 0.6) is 0 Å². The third kappa shape index (κ3) is 1.49. The molecule has 0 aromatic heterocycles. The second-order valence-corrected chi connectivity index (χ2v) is 4.36. The Morgan fingerprint density at radius 1 is 1.40 bits per heavy atom. The number of halogens is 1. The molecule has 0 saturated carbocycles. The van der Waals surface area contributed by atoms with Crippen LogP contribution in [-0.4, -0.2) is 12.0 Å². The van der Waals surface area contributed by atoms with Crippen molar-refractivity contribution < 1.29 is 4.79 Å². The normalized spacial score (nSPS) is 19.2. The van der Waals surface area contributed by atoms with E-state index in [4.69, 9.17) is 11.6 Å². The summed E-state index contributed by atoms with van der Waals surface area (Å²) in [6, 6.07) is 1.86. The molecule has 3 heteroatoms. The average Bonchev–Trinajstić information content (AvgIpc) is 2.19. The number of benzene rings is 1. The fraction of sp³-hybridized carbons (Fsp3) is 0.333. The maximum Gasteiger partial charge on any atom is 0.173 e. The number of ketones is 1. The summed E-state index contributed by atoms with van der Waals surface area (Å²) in [7, 11) is 0. The first-order valence-corrected chi connectivity index (χ1v) is 5.28. The zero-order valence-corrected chi connectivity index (χ0v) is 9.72. The number of aryl methyl sites for hydroxylation is 1. The van der Waals surface area contributed by atoms with Gasteiger partial charge in [0.1, 0.15) is 0 Å². The molecule has 0 fully saturated rings. The van der Waals surface area contributed by atoms with Gasteiger partial charge >= 0.3 is 0 Å². The molecule has 0 saturated heterocycles. The molecular weight excluding hydrogens is 210 g/mol. The van der Waals surface area contributed by atoms with Crippen molar-refractivity contribution >= 4 is 29.3 Å². The maximum absolute atomic E-state index is 12.0. The molecule has 2 nitrogen and oxygen atoms in total. The summed E-state index contributed by atoms with van der Waals surface area (Å²) >= 11 is 6.06. The highest BCUT2D eigenvalue weighted by atomic mass is 35.5. The molecule has 1 unspecified atom stereocenters. The predicted octanol–water partition coefficient (Wildman–Crippen LogP) is 3.49. The molecule has 1 atom stereocenters. The Bertz CT molecular complexity index is 477. The van der Waals surface area contributed by atoms with Crippen molar-refractivity contribution in [2.75, 3.05) is 0 Å². The van der Waals surface area contributed by atoms with Crippen molar-refractivity contribution in [2.45, 2.75) is 20.8 Å². The third-order valence-corrected chi connectivity index (χ3v) is 3.17. The molecule has 1 aliphatic heterocycles. The van der Waals surface area contributed by atoms with E-state index in [1.54, 1.807) is 6.21 Å². The van der Waals surface area contributed by atoms with Gasteiger partial charge in [0.25, 0.3) is 0 Å². The number of nitrogens with zero attached hydrogens (tertiary/aromatic N) is 1. The lowest BCUT2D eigenvalue weighted by atomic mass is 9.91. The Morgan fingerprint density at radius 3 is 2.73 bits per heavy atom. The van der Waals surface area contributed by atoms with Gasteiger partial charge in [0.05, 0.1) is 11.6 Å². The van der Waals surface area contributed by atoms with E-state index < -0.39 is 0 Å². The van der Waals surface area contributed by atoms with Crippen molar-refractivity contribution in [3.05, 3.63) is 27.8 Å². The first-order chi connectivity index (χ1) is 7.02. The van der Waals surface area contributed by atoms with Gasteiger partial charge in [-0.25, -0.2) is 0 Å². The van der Waals surface area contributed by atoms with E-state index >= 15 is 0 Å². The first kappa shape index (κ1) is 10.4. The Kier molecular flexibility index (Phi) is 2.39. The minimum absolute atomic E-state index is 0.114. The number of Topliss-reactive ketones (excluding diaryl/α,β-unsaturated/α-hetero) is 1. The summed E-state index contributed by atoms with van der Waals surface area (Å²) in [5.41, 5.74) is 3.26. The summed E-state index contributed by atoms with van der Waals surface area (Å²) in [6.07, 6.45) is 1.70. The Hall–Kier alpha value is -1.15. The molecule has 0 amide bonds. The molecule has 15 heavy (non-hydrogen) atoms. The van der Waals surface area contributed by atoms with Gasteiger partial charge in [-0.3, -0.25) is 9.79 Å². The fourth-order valence-electron chi connectivity index (χ4n) is 1.81. The molecule has 0 radical (unpaired) electrons. The van der Waals surface area contributed by atoms with Crippen LogP contribution in [0.3, 0.4) is 0 Å². The molecule has 1 aromatic rings. The van der Waals surface area contributed by atoms with Crippen LogP contribution in [-0.2, 0) is 0 Å². The minimum Gasteiger partial charge on any atom is -0.293 e. The lowest BCUT2D eigenvalue weighted by molar-refractivity contribution is 0.0961. The molecule has 78 valence electrons. The molecule has 0 spiro atoms. The number of carbonyl (C=O) groups is 1. The summed E-state index contributed by atoms with van der Waals surface area (Å²) < 4.78 is 0. The van der Waals surface area contributed by atoms with Gasteiger partial charge in [0.2, 0.25) is 0 Å². The lowest BCUT2D eigenvalue weighted by Gasteiger charge is -2.18. The number of carbonyl (C=O) groups excluding carboxylic acids is 1. The van der Waals surface area contributed by atoms with E-state index in [2.05, 4.69) is 4.99 Å². The Morgan fingerprint density at radius 2 is 2.07 bits per heavy atom. The number of fused-ring (bicyclic) bond motifs is 1. The molecule has 1 aliphatic rings. The average molecular weight is 222 g/mol. The van der Waals surface area contributed by atoms with E-state index in [9.17, 15) is 4.79 Å². The highest BCUT2D eigenvalue weighted by Gasteiger charge is 2.25. The van der Waals surface area contributed by atoms with E-state index in [1.807, 2.05) is 26.8 Å². The Balaban J connectivity index is 2.78. The molecule has 2 rings (SSSR count). The van der Waals surface area contributed by atoms with Gasteiger partial charge in [0, 0.05) is 16.8 Å². The number of rotatable bonds is 0. The van der Waals surface area contributed by atoms with E-state index in [0.29, 0.717) is 10.6 Å². The summed E-state index contributed by atoms with van der Waals surface area (Å²) in [5.74, 6) is -0.0304. The van der Waals surface area contributed by atoms with Crippen LogP contribution in [0.1, 0.15) is 28.4 Å². The van der Waals surface area contributed by atoms with Crippen molar-refractivity contribution in [1.29, 1.82) is 0 Å². The molecular formula is C12H12ClNO. The molecule has 0 N–H and O–H groups in total. The van der Waals surface area contributed by atoms with Crippen molar-refractivity contribution in [3.63, 3.8) is 0 Å². The smallest absolute Gasteiger partial charge is 0.173 e. The first-order valence-electron chi connectivity index (χ1n) is 4.90. The zero-order valence-electron chi connectivity index (χ0n) is 8.97. The number of hydrogen-bond donors (Lipinski definition) is 0. The van der Waals surface area contributed by atoms with Gasteiger partial charge in [-0.1, -0.05) is 18.5 Å². The van der Waals surface area contributed by atoms with Crippen LogP contribution in [0.25, 0.3) is 0 Å². The van der Waals surface area contributed by atoms with Crippen LogP contribution in [0, 0.1) is 19.8 Å². The summed E-state index contributed by atoms with van der Waals surface area (Å²) in [4.78, 5) is 16.3. The maximum atomic E-state index is 12.0. The summed E-state index contributed by atoms with van der Waals surface area (Å²) in [6.45, 7) is 5.64. The van der Waals surface area contributed by atoms with Crippen molar-refractivity contribution in [2.24, 2.45) is 10.9 Å². The highest BCUT2D eigenvalue weighted by Crippen LogP contribution is 2.35. The van der Waals surface area contributed by atoms with Crippen LogP contribution >= 0.6 is 11.6 Å². The summed E-state index contributed by atoms with van der Waals surface area (Å²) in [5, 5.41) is 0.643. The number of hydrogen-bond acceptors (Lipinski definition) is 2. The largest absolute Gasteiger partial charge is 0.293 e. The predicted molar refractivity (Wildman–Crippen MR) is 62.6 cm³/mol. The van der Waals surface area contributed by atoms with E-state index in [0.717, 1.165) is 16.8 Å².